The lowest BCUT2D eigenvalue weighted by molar-refractivity contribution is -0.120. The molecule has 1 N–H and O–H groups in total. The zero-order valence-electron chi connectivity index (χ0n) is 18.8. The summed E-state index contributed by atoms with van der Waals surface area (Å²) in [5, 5.41) is 3.75. The van der Waals surface area contributed by atoms with E-state index in [1.165, 1.54) is 10.5 Å². The summed E-state index contributed by atoms with van der Waals surface area (Å²) in [6, 6.07) is 21.7. The Bertz CT molecular complexity index is 1210. The van der Waals surface area contributed by atoms with Gasteiger partial charge in [0.25, 0.3) is 11.8 Å². The lowest BCUT2D eigenvalue weighted by atomic mass is 10.0. The average Bonchev–Trinajstić information content (AvgIpc) is 3.04. The van der Waals surface area contributed by atoms with E-state index >= 15 is 0 Å². The molecule has 0 aliphatic carbocycles. The van der Waals surface area contributed by atoms with Crippen LogP contribution in [0.25, 0.3) is 5.57 Å². The summed E-state index contributed by atoms with van der Waals surface area (Å²) in [5.41, 5.74) is 3.51. The Labute approximate surface area is 198 Å². The Hall–Kier alpha value is -3.57. The van der Waals surface area contributed by atoms with Gasteiger partial charge in [0, 0.05) is 16.8 Å². The lowest BCUT2D eigenvalue weighted by Gasteiger charge is -2.16. The van der Waals surface area contributed by atoms with Crippen molar-refractivity contribution in [1.29, 1.82) is 0 Å². The van der Waals surface area contributed by atoms with E-state index in [2.05, 4.69) is 19.2 Å². The van der Waals surface area contributed by atoms with E-state index in [0.717, 1.165) is 5.69 Å². The molecule has 0 atom stereocenters. The molecule has 0 unspecified atom stereocenters. The molecule has 6 heteroatoms. The summed E-state index contributed by atoms with van der Waals surface area (Å²) >= 11 is 6.05. The van der Waals surface area contributed by atoms with Gasteiger partial charge in [0.1, 0.15) is 11.4 Å². The van der Waals surface area contributed by atoms with Gasteiger partial charge in [0.15, 0.2) is 0 Å². The number of carbonyl (C=O) groups is 2. The van der Waals surface area contributed by atoms with Crippen LogP contribution in [0.2, 0.25) is 5.02 Å². The van der Waals surface area contributed by atoms with Crippen molar-refractivity contribution in [2.24, 2.45) is 0 Å². The first-order valence-electron chi connectivity index (χ1n) is 10.9. The van der Waals surface area contributed by atoms with Crippen molar-refractivity contribution < 1.29 is 14.3 Å². The molecule has 1 heterocycles. The van der Waals surface area contributed by atoms with E-state index in [0.29, 0.717) is 40.1 Å². The van der Waals surface area contributed by atoms with Crippen LogP contribution in [0.3, 0.4) is 0 Å². The second kappa shape index (κ2) is 9.51. The molecule has 168 valence electrons. The normalized spacial score (nSPS) is 13.8. The molecule has 2 amide bonds. The van der Waals surface area contributed by atoms with Gasteiger partial charge in [-0.05, 0) is 60.4 Å². The predicted molar refractivity (Wildman–Crippen MR) is 133 cm³/mol. The molecule has 1 aliphatic rings. The van der Waals surface area contributed by atoms with Crippen LogP contribution in [0.4, 0.5) is 11.4 Å². The van der Waals surface area contributed by atoms with E-state index in [1.807, 2.05) is 31.2 Å². The number of carbonyl (C=O) groups excluding carboxylic acids is 2. The first kappa shape index (κ1) is 22.6. The quantitative estimate of drug-likeness (QED) is 0.423. The van der Waals surface area contributed by atoms with E-state index < -0.39 is 11.8 Å². The maximum absolute atomic E-state index is 13.5. The first-order valence-corrected chi connectivity index (χ1v) is 11.3. The molecule has 4 rings (SSSR count). The van der Waals surface area contributed by atoms with Crippen LogP contribution in [0.5, 0.6) is 5.75 Å². The molecule has 0 bridgehead atoms. The summed E-state index contributed by atoms with van der Waals surface area (Å²) in [7, 11) is 0. The lowest BCUT2D eigenvalue weighted by Crippen LogP contribution is -2.32. The number of rotatable bonds is 7. The molecule has 0 aromatic heterocycles. The van der Waals surface area contributed by atoms with Crippen LogP contribution in [-0.2, 0) is 9.59 Å². The number of amides is 2. The van der Waals surface area contributed by atoms with E-state index in [1.54, 1.807) is 48.5 Å². The predicted octanol–water partition coefficient (Wildman–Crippen LogP) is 6.26. The van der Waals surface area contributed by atoms with Gasteiger partial charge in [0.05, 0.1) is 17.9 Å². The maximum atomic E-state index is 13.5. The smallest absolute Gasteiger partial charge is 0.282 e. The number of hydrogen-bond donors (Lipinski definition) is 1. The van der Waals surface area contributed by atoms with Gasteiger partial charge < -0.3 is 10.1 Å². The zero-order valence-corrected chi connectivity index (χ0v) is 19.5. The van der Waals surface area contributed by atoms with Crippen molar-refractivity contribution in [3.8, 4) is 5.75 Å². The fraction of sp³-hybridized carbons (Fsp3) is 0.185. The Kier molecular flexibility index (Phi) is 6.52. The number of halogens is 1. The fourth-order valence-corrected chi connectivity index (χ4v) is 3.87. The Morgan fingerprint density at radius 1 is 0.939 bits per heavy atom. The molecule has 5 nitrogen and oxygen atoms in total. The van der Waals surface area contributed by atoms with E-state index in [9.17, 15) is 9.59 Å². The summed E-state index contributed by atoms with van der Waals surface area (Å²) in [4.78, 5) is 28.3. The number of benzene rings is 3. The van der Waals surface area contributed by atoms with Gasteiger partial charge in [-0.25, -0.2) is 4.90 Å². The minimum Gasteiger partial charge on any atom is -0.494 e. The van der Waals surface area contributed by atoms with Crippen molar-refractivity contribution >= 4 is 40.4 Å². The van der Waals surface area contributed by atoms with Gasteiger partial charge in [-0.2, -0.15) is 0 Å². The third-order valence-electron chi connectivity index (χ3n) is 5.45. The minimum atomic E-state index is -0.425. The third-order valence-corrected chi connectivity index (χ3v) is 5.70. The third kappa shape index (κ3) is 4.64. The first-order chi connectivity index (χ1) is 15.9. The van der Waals surface area contributed by atoms with Crippen LogP contribution >= 0.6 is 11.6 Å². The number of hydrogen-bond acceptors (Lipinski definition) is 4. The molecular weight excluding hydrogens is 436 g/mol. The highest BCUT2D eigenvalue weighted by molar-refractivity contribution is 6.46. The van der Waals surface area contributed by atoms with Gasteiger partial charge in [-0.3, -0.25) is 9.59 Å². The molecule has 0 radical (unpaired) electrons. The van der Waals surface area contributed by atoms with Crippen molar-refractivity contribution in [3.63, 3.8) is 0 Å². The maximum Gasteiger partial charge on any atom is 0.282 e. The molecule has 0 fully saturated rings. The topological polar surface area (TPSA) is 58.6 Å². The number of ether oxygens (including phenoxy) is 1. The molecule has 3 aromatic rings. The SMILES string of the molecule is CCOc1cccc(N2C(=O)C(Nc3ccc(C(C)C)cc3)=C(c3ccc(Cl)cc3)C2=O)c1. The van der Waals surface area contributed by atoms with E-state index in [4.69, 9.17) is 16.3 Å². The van der Waals surface area contributed by atoms with Gasteiger partial charge in [-0.15, -0.1) is 0 Å². The number of imide groups is 1. The fourth-order valence-electron chi connectivity index (χ4n) is 3.74. The molecule has 0 saturated carbocycles. The monoisotopic (exact) mass is 460 g/mol. The summed E-state index contributed by atoms with van der Waals surface area (Å²) in [6.07, 6.45) is 0. The largest absolute Gasteiger partial charge is 0.494 e. The summed E-state index contributed by atoms with van der Waals surface area (Å²) in [5.74, 6) is 0.156. The molecule has 3 aromatic carbocycles. The highest BCUT2D eigenvalue weighted by atomic mass is 35.5. The number of anilines is 2. The highest BCUT2D eigenvalue weighted by Gasteiger charge is 2.40. The van der Waals surface area contributed by atoms with Crippen LogP contribution < -0.4 is 15.0 Å². The van der Waals surface area contributed by atoms with Crippen molar-refractivity contribution in [1.82, 2.24) is 0 Å². The molecule has 33 heavy (non-hydrogen) atoms. The second-order valence-corrected chi connectivity index (χ2v) is 8.47. The Morgan fingerprint density at radius 2 is 1.64 bits per heavy atom. The summed E-state index contributed by atoms with van der Waals surface area (Å²) in [6.45, 7) is 6.61. The van der Waals surface area contributed by atoms with E-state index in [-0.39, 0.29) is 5.70 Å². The van der Waals surface area contributed by atoms with Crippen LogP contribution in [0.15, 0.2) is 78.5 Å². The Balaban J connectivity index is 1.76. The van der Waals surface area contributed by atoms with Gasteiger partial charge in [-0.1, -0.05) is 55.8 Å². The zero-order chi connectivity index (χ0) is 23.5. The molecule has 0 saturated heterocycles. The summed E-state index contributed by atoms with van der Waals surface area (Å²) < 4.78 is 5.56. The molecule has 0 spiro atoms. The van der Waals surface area contributed by atoms with Crippen molar-refractivity contribution in [2.45, 2.75) is 26.7 Å². The second-order valence-electron chi connectivity index (χ2n) is 8.03. The minimum absolute atomic E-state index is 0.224. The molecule has 1 aliphatic heterocycles. The number of nitrogens with zero attached hydrogens (tertiary/aromatic N) is 1. The highest BCUT2D eigenvalue weighted by Crippen LogP contribution is 2.35. The van der Waals surface area contributed by atoms with Crippen molar-refractivity contribution in [2.75, 3.05) is 16.8 Å². The van der Waals surface area contributed by atoms with Crippen LogP contribution in [0, 0.1) is 0 Å². The average molecular weight is 461 g/mol. The van der Waals surface area contributed by atoms with Crippen LogP contribution in [0.1, 0.15) is 37.8 Å². The van der Waals surface area contributed by atoms with Crippen molar-refractivity contribution in [3.05, 3.63) is 94.6 Å². The van der Waals surface area contributed by atoms with Gasteiger partial charge in [0.2, 0.25) is 0 Å². The van der Waals surface area contributed by atoms with Crippen LogP contribution in [-0.4, -0.2) is 18.4 Å². The van der Waals surface area contributed by atoms with Gasteiger partial charge >= 0.3 is 0 Å². The number of nitrogens with one attached hydrogen (secondary N) is 1. The Morgan fingerprint density at radius 3 is 2.27 bits per heavy atom. The standard InChI is InChI=1S/C27H25ClN2O3/c1-4-33-23-7-5-6-22(16-23)30-26(31)24(19-8-12-20(28)13-9-19)25(27(30)32)29-21-14-10-18(11-15-21)17(2)3/h5-17,29H,4H2,1-3H3. The molecular formula is C27H25ClN2O3.